The van der Waals surface area contributed by atoms with Crippen LogP contribution in [-0.2, 0) is 16.0 Å². The first kappa shape index (κ1) is 20.0. The van der Waals surface area contributed by atoms with E-state index in [1.165, 1.54) is 0 Å². The quantitative estimate of drug-likeness (QED) is 0.661. The van der Waals surface area contributed by atoms with Gasteiger partial charge in [0.05, 0.1) is 17.8 Å². The predicted octanol–water partition coefficient (Wildman–Crippen LogP) is 1.86. The zero-order valence-electron chi connectivity index (χ0n) is 15.5. The fraction of sp³-hybridized carbons (Fsp3) is 0.250. The number of para-hydroxylation sites is 1. The molecule has 0 bridgehead atoms. The molecule has 0 fully saturated rings. The van der Waals surface area contributed by atoms with Gasteiger partial charge in [-0.2, -0.15) is 0 Å². The van der Waals surface area contributed by atoms with Crippen LogP contribution in [-0.4, -0.2) is 43.3 Å². The average molecular weight is 368 g/mol. The van der Waals surface area contributed by atoms with Gasteiger partial charge in [0.2, 0.25) is 11.8 Å². The highest BCUT2D eigenvalue weighted by atomic mass is 16.2. The molecule has 4 N–H and O–H groups in total. The van der Waals surface area contributed by atoms with Crippen molar-refractivity contribution in [2.24, 2.45) is 5.73 Å². The molecule has 3 amide bonds. The normalized spacial score (nSPS) is 10.1. The Labute approximate surface area is 158 Å². The number of amides is 3. The van der Waals surface area contributed by atoms with Crippen molar-refractivity contribution in [2.75, 3.05) is 31.3 Å². The number of carbonyl (C=O) groups excluding carboxylic acids is 3. The van der Waals surface area contributed by atoms with E-state index in [1.54, 1.807) is 43.3 Å². The largest absolute Gasteiger partial charge is 0.376 e. The predicted molar refractivity (Wildman–Crippen MR) is 106 cm³/mol. The second-order valence-electron chi connectivity index (χ2n) is 6.30. The van der Waals surface area contributed by atoms with E-state index < -0.39 is 5.91 Å². The summed E-state index contributed by atoms with van der Waals surface area (Å²) in [6.45, 7) is 0.0349. The molecule has 0 aliphatic rings. The third-order valence-corrected chi connectivity index (χ3v) is 3.97. The lowest BCUT2D eigenvalue weighted by Gasteiger charge is -2.12. The van der Waals surface area contributed by atoms with E-state index in [1.807, 2.05) is 24.3 Å². The molecule has 0 aliphatic carbocycles. The Bertz CT molecular complexity index is 833. The number of benzene rings is 2. The summed E-state index contributed by atoms with van der Waals surface area (Å²) in [7, 11) is 3.46. The molecular formula is C20H24N4O3. The number of nitrogens with two attached hydrogens (primary N) is 1. The van der Waals surface area contributed by atoms with Gasteiger partial charge in [0.1, 0.15) is 0 Å². The highest BCUT2D eigenvalue weighted by molar-refractivity contribution is 6.03. The van der Waals surface area contributed by atoms with Gasteiger partial charge in [0.15, 0.2) is 0 Å². The monoisotopic (exact) mass is 368 g/mol. The molecular weight excluding hydrogens is 344 g/mol. The maximum atomic E-state index is 12.2. The molecule has 7 heteroatoms. The summed E-state index contributed by atoms with van der Waals surface area (Å²) in [6, 6.07) is 14.2. The van der Waals surface area contributed by atoms with Crippen LogP contribution in [0, 0.1) is 0 Å². The molecule has 0 spiro atoms. The van der Waals surface area contributed by atoms with Crippen molar-refractivity contribution in [1.82, 2.24) is 4.90 Å². The van der Waals surface area contributed by atoms with Gasteiger partial charge in [-0.1, -0.05) is 24.3 Å². The van der Waals surface area contributed by atoms with E-state index in [2.05, 4.69) is 10.6 Å². The van der Waals surface area contributed by atoms with Gasteiger partial charge >= 0.3 is 0 Å². The molecule has 7 nitrogen and oxygen atoms in total. The molecule has 0 atom stereocenters. The van der Waals surface area contributed by atoms with Crippen LogP contribution in [0.1, 0.15) is 22.3 Å². The summed E-state index contributed by atoms with van der Waals surface area (Å²) in [5.74, 6) is -0.823. The zero-order valence-corrected chi connectivity index (χ0v) is 15.5. The minimum absolute atomic E-state index is 0.0349. The molecule has 142 valence electrons. The van der Waals surface area contributed by atoms with Crippen LogP contribution in [0.5, 0.6) is 0 Å². The van der Waals surface area contributed by atoms with Gasteiger partial charge in [0, 0.05) is 26.2 Å². The highest BCUT2D eigenvalue weighted by Crippen LogP contribution is 2.15. The van der Waals surface area contributed by atoms with Gasteiger partial charge < -0.3 is 21.3 Å². The Morgan fingerprint density at radius 2 is 1.78 bits per heavy atom. The molecule has 0 aromatic heterocycles. The van der Waals surface area contributed by atoms with Crippen LogP contribution >= 0.6 is 0 Å². The molecule has 0 saturated heterocycles. The van der Waals surface area contributed by atoms with Crippen LogP contribution in [0.15, 0.2) is 48.5 Å². The Hall–Kier alpha value is -3.35. The summed E-state index contributed by atoms with van der Waals surface area (Å²) in [5, 5.41) is 5.72. The SMILES string of the molecule is CN(C)C(=O)CCc1cccc(NCC(=O)Nc2ccccc2C(N)=O)c1. The van der Waals surface area contributed by atoms with Crippen LogP contribution < -0.4 is 16.4 Å². The van der Waals surface area contributed by atoms with E-state index in [4.69, 9.17) is 5.73 Å². The third-order valence-electron chi connectivity index (χ3n) is 3.97. The first-order valence-electron chi connectivity index (χ1n) is 8.58. The van der Waals surface area contributed by atoms with Crippen molar-refractivity contribution in [1.29, 1.82) is 0 Å². The number of primary amides is 1. The fourth-order valence-corrected chi connectivity index (χ4v) is 2.50. The number of hydrogen-bond acceptors (Lipinski definition) is 4. The lowest BCUT2D eigenvalue weighted by atomic mass is 10.1. The third kappa shape index (κ3) is 6.14. The van der Waals surface area contributed by atoms with Gasteiger partial charge in [-0.3, -0.25) is 14.4 Å². The molecule has 27 heavy (non-hydrogen) atoms. The topological polar surface area (TPSA) is 105 Å². The summed E-state index contributed by atoms with van der Waals surface area (Å²) < 4.78 is 0. The smallest absolute Gasteiger partial charge is 0.250 e. The highest BCUT2D eigenvalue weighted by Gasteiger charge is 2.10. The van der Waals surface area contributed by atoms with Gasteiger partial charge in [-0.15, -0.1) is 0 Å². The molecule has 2 aromatic rings. The number of anilines is 2. The Kier molecular flexibility index (Phi) is 6.93. The Morgan fingerprint density at radius 3 is 2.48 bits per heavy atom. The Balaban J connectivity index is 1.91. The van der Waals surface area contributed by atoms with Crippen molar-refractivity contribution in [3.05, 3.63) is 59.7 Å². The summed E-state index contributed by atoms with van der Waals surface area (Å²) >= 11 is 0. The average Bonchev–Trinajstić information content (AvgIpc) is 2.65. The summed E-state index contributed by atoms with van der Waals surface area (Å²) in [4.78, 5) is 36.8. The fourth-order valence-electron chi connectivity index (χ4n) is 2.50. The molecule has 0 heterocycles. The van der Waals surface area contributed by atoms with E-state index >= 15 is 0 Å². The first-order chi connectivity index (χ1) is 12.9. The Morgan fingerprint density at radius 1 is 1.04 bits per heavy atom. The van der Waals surface area contributed by atoms with Crippen molar-refractivity contribution >= 4 is 29.1 Å². The van der Waals surface area contributed by atoms with Crippen LogP contribution in [0.3, 0.4) is 0 Å². The number of aryl methyl sites for hydroxylation is 1. The molecule has 2 rings (SSSR count). The molecule has 0 aliphatic heterocycles. The van der Waals surface area contributed by atoms with E-state index in [0.29, 0.717) is 18.5 Å². The number of carbonyl (C=O) groups is 3. The van der Waals surface area contributed by atoms with Gasteiger partial charge in [-0.25, -0.2) is 0 Å². The van der Waals surface area contributed by atoms with Crippen LogP contribution in [0.25, 0.3) is 0 Å². The molecule has 0 radical (unpaired) electrons. The lowest BCUT2D eigenvalue weighted by Crippen LogP contribution is -2.24. The minimum Gasteiger partial charge on any atom is -0.376 e. The standard InChI is InChI=1S/C20H24N4O3/c1-24(2)19(26)11-10-14-6-5-7-15(12-14)22-13-18(25)23-17-9-4-3-8-16(17)20(21)27/h3-9,12,22H,10-11,13H2,1-2H3,(H2,21,27)(H,23,25). The summed E-state index contributed by atoms with van der Waals surface area (Å²) in [5.41, 5.74) is 7.74. The first-order valence-corrected chi connectivity index (χ1v) is 8.58. The number of nitrogens with zero attached hydrogens (tertiary/aromatic N) is 1. The van der Waals surface area contributed by atoms with E-state index in [0.717, 1.165) is 11.3 Å². The van der Waals surface area contributed by atoms with E-state index in [9.17, 15) is 14.4 Å². The maximum absolute atomic E-state index is 12.2. The van der Waals surface area contributed by atoms with Crippen molar-refractivity contribution in [2.45, 2.75) is 12.8 Å². The van der Waals surface area contributed by atoms with Crippen LogP contribution in [0.4, 0.5) is 11.4 Å². The minimum atomic E-state index is -0.598. The van der Waals surface area contributed by atoms with Gasteiger partial charge in [-0.05, 0) is 36.2 Å². The van der Waals surface area contributed by atoms with Crippen molar-refractivity contribution in [3.63, 3.8) is 0 Å². The van der Waals surface area contributed by atoms with Gasteiger partial charge in [0.25, 0.3) is 5.91 Å². The maximum Gasteiger partial charge on any atom is 0.250 e. The number of nitrogens with one attached hydrogen (secondary N) is 2. The van der Waals surface area contributed by atoms with Crippen molar-refractivity contribution < 1.29 is 14.4 Å². The number of rotatable bonds is 8. The molecule has 0 unspecified atom stereocenters. The van der Waals surface area contributed by atoms with Crippen LogP contribution in [0.2, 0.25) is 0 Å². The van der Waals surface area contributed by atoms with Crippen molar-refractivity contribution in [3.8, 4) is 0 Å². The second-order valence-corrected chi connectivity index (χ2v) is 6.30. The molecule has 0 saturated carbocycles. The lowest BCUT2D eigenvalue weighted by molar-refractivity contribution is -0.128. The number of hydrogen-bond donors (Lipinski definition) is 3. The summed E-state index contributed by atoms with van der Waals surface area (Å²) in [6.07, 6.45) is 1.06. The second kappa shape index (κ2) is 9.38. The zero-order chi connectivity index (χ0) is 19.8. The van der Waals surface area contributed by atoms with E-state index in [-0.39, 0.29) is 23.9 Å². The molecule has 2 aromatic carbocycles.